The van der Waals surface area contributed by atoms with E-state index >= 15 is 0 Å². The summed E-state index contributed by atoms with van der Waals surface area (Å²) in [4.78, 5) is 12.3. The van der Waals surface area contributed by atoms with Crippen LogP contribution >= 0.6 is 11.8 Å². The standard InChI is InChI=1S/C14H21F3N4OS/c15-14(16,17)9-7-10(20)13(23-6-5-19)11(8-9)21-12(22)3-1-2-4-18/h7-8H,1-6,18-20H2,(H,21,22). The van der Waals surface area contributed by atoms with Crippen LogP contribution in [0.25, 0.3) is 0 Å². The third-order valence-electron chi connectivity index (χ3n) is 2.94. The monoisotopic (exact) mass is 350 g/mol. The molecule has 0 saturated carbocycles. The first-order valence-electron chi connectivity index (χ1n) is 7.13. The Labute approximate surface area is 137 Å². The van der Waals surface area contributed by atoms with E-state index in [0.717, 1.165) is 12.1 Å². The number of halogens is 3. The topological polar surface area (TPSA) is 107 Å². The molecular weight excluding hydrogens is 329 g/mol. The molecule has 0 aliphatic carbocycles. The number of hydrogen-bond donors (Lipinski definition) is 4. The highest BCUT2D eigenvalue weighted by Crippen LogP contribution is 2.39. The lowest BCUT2D eigenvalue weighted by molar-refractivity contribution is -0.137. The van der Waals surface area contributed by atoms with Crippen molar-refractivity contribution in [1.29, 1.82) is 0 Å². The number of amides is 1. The molecule has 0 aliphatic heterocycles. The summed E-state index contributed by atoms with van der Waals surface area (Å²) in [6, 6.07) is 1.76. The number of thioether (sulfide) groups is 1. The van der Waals surface area contributed by atoms with Gasteiger partial charge in [-0.2, -0.15) is 13.2 Å². The van der Waals surface area contributed by atoms with Gasteiger partial charge in [-0.3, -0.25) is 4.79 Å². The molecule has 130 valence electrons. The number of nitrogen functional groups attached to an aromatic ring is 1. The highest BCUT2D eigenvalue weighted by molar-refractivity contribution is 7.99. The van der Waals surface area contributed by atoms with E-state index in [0.29, 0.717) is 36.6 Å². The molecule has 23 heavy (non-hydrogen) atoms. The van der Waals surface area contributed by atoms with Gasteiger partial charge in [-0.25, -0.2) is 0 Å². The summed E-state index contributed by atoms with van der Waals surface area (Å²) in [6.07, 6.45) is -3.10. The van der Waals surface area contributed by atoms with Crippen molar-refractivity contribution >= 4 is 29.0 Å². The van der Waals surface area contributed by atoms with Gasteiger partial charge >= 0.3 is 6.18 Å². The highest BCUT2D eigenvalue weighted by Gasteiger charge is 2.32. The van der Waals surface area contributed by atoms with Crippen LogP contribution in [0.4, 0.5) is 24.5 Å². The number of rotatable bonds is 8. The van der Waals surface area contributed by atoms with E-state index in [1.807, 2.05) is 0 Å². The van der Waals surface area contributed by atoms with Crippen molar-refractivity contribution in [1.82, 2.24) is 0 Å². The van der Waals surface area contributed by atoms with Crippen molar-refractivity contribution in [2.75, 3.05) is 29.9 Å². The average molecular weight is 350 g/mol. The van der Waals surface area contributed by atoms with Gasteiger partial charge in [-0.05, 0) is 31.5 Å². The molecule has 1 aromatic rings. The first-order chi connectivity index (χ1) is 10.8. The minimum atomic E-state index is -4.54. The molecule has 5 nitrogen and oxygen atoms in total. The predicted octanol–water partition coefficient (Wildman–Crippen LogP) is 2.41. The van der Waals surface area contributed by atoms with E-state index in [1.165, 1.54) is 11.8 Å². The van der Waals surface area contributed by atoms with Crippen molar-refractivity contribution in [2.45, 2.75) is 30.3 Å². The second kappa shape index (κ2) is 8.99. The second-order valence-electron chi connectivity index (χ2n) is 4.87. The van der Waals surface area contributed by atoms with E-state index < -0.39 is 11.7 Å². The summed E-state index contributed by atoms with van der Waals surface area (Å²) >= 11 is 1.21. The summed E-state index contributed by atoms with van der Waals surface area (Å²) < 4.78 is 38.7. The van der Waals surface area contributed by atoms with Gasteiger partial charge in [0.1, 0.15) is 0 Å². The largest absolute Gasteiger partial charge is 0.416 e. The van der Waals surface area contributed by atoms with Gasteiger partial charge in [0.05, 0.1) is 16.1 Å². The molecule has 9 heteroatoms. The van der Waals surface area contributed by atoms with Crippen LogP contribution in [-0.4, -0.2) is 24.7 Å². The maximum absolute atomic E-state index is 12.9. The average Bonchev–Trinajstić information content (AvgIpc) is 2.45. The smallest absolute Gasteiger partial charge is 0.398 e. The quantitative estimate of drug-likeness (QED) is 0.327. The molecule has 1 aromatic carbocycles. The molecule has 0 aliphatic rings. The zero-order valence-electron chi connectivity index (χ0n) is 12.6. The highest BCUT2D eigenvalue weighted by atomic mass is 32.2. The molecule has 1 rings (SSSR count). The van der Waals surface area contributed by atoms with Crippen molar-refractivity contribution in [3.63, 3.8) is 0 Å². The third kappa shape index (κ3) is 6.28. The van der Waals surface area contributed by atoms with E-state index in [1.54, 1.807) is 0 Å². The molecule has 0 atom stereocenters. The molecule has 0 spiro atoms. The van der Waals surface area contributed by atoms with Crippen LogP contribution in [0.5, 0.6) is 0 Å². The van der Waals surface area contributed by atoms with Crippen molar-refractivity contribution in [3.8, 4) is 0 Å². The fourth-order valence-corrected chi connectivity index (χ4v) is 2.69. The first kappa shape index (κ1) is 19.6. The lowest BCUT2D eigenvalue weighted by Crippen LogP contribution is -2.15. The van der Waals surface area contributed by atoms with Crippen molar-refractivity contribution in [2.24, 2.45) is 11.5 Å². The van der Waals surface area contributed by atoms with Gasteiger partial charge in [0, 0.05) is 24.4 Å². The van der Waals surface area contributed by atoms with Gasteiger partial charge in [0.2, 0.25) is 5.91 Å². The zero-order valence-corrected chi connectivity index (χ0v) is 13.4. The Balaban J connectivity index is 3.03. The summed E-state index contributed by atoms with van der Waals surface area (Å²) in [7, 11) is 0. The van der Waals surface area contributed by atoms with Crippen LogP contribution < -0.4 is 22.5 Å². The number of carbonyl (C=O) groups excluding carboxylic acids is 1. The number of nitrogens with one attached hydrogen (secondary N) is 1. The summed E-state index contributed by atoms with van der Waals surface area (Å²) in [5.41, 5.74) is 15.6. The fourth-order valence-electron chi connectivity index (χ4n) is 1.87. The van der Waals surface area contributed by atoms with Crippen molar-refractivity contribution in [3.05, 3.63) is 17.7 Å². The number of carbonyl (C=O) groups is 1. The molecule has 0 unspecified atom stereocenters. The minimum absolute atomic E-state index is 0.0319. The maximum Gasteiger partial charge on any atom is 0.416 e. The van der Waals surface area contributed by atoms with E-state index in [-0.39, 0.29) is 23.7 Å². The molecule has 0 saturated heterocycles. The Morgan fingerprint density at radius 2 is 1.87 bits per heavy atom. The predicted molar refractivity (Wildman–Crippen MR) is 87.2 cm³/mol. The lowest BCUT2D eigenvalue weighted by Gasteiger charge is -2.16. The van der Waals surface area contributed by atoms with Crippen LogP contribution in [0.15, 0.2) is 17.0 Å². The Hall–Kier alpha value is -1.45. The van der Waals surface area contributed by atoms with E-state index in [4.69, 9.17) is 17.2 Å². The van der Waals surface area contributed by atoms with Gasteiger partial charge < -0.3 is 22.5 Å². The van der Waals surface area contributed by atoms with Crippen molar-refractivity contribution < 1.29 is 18.0 Å². The number of unbranched alkanes of at least 4 members (excludes halogenated alkanes) is 1. The normalized spacial score (nSPS) is 11.5. The van der Waals surface area contributed by atoms with Crippen LogP contribution in [0, 0.1) is 0 Å². The zero-order chi connectivity index (χ0) is 17.5. The Morgan fingerprint density at radius 3 is 2.43 bits per heavy atom. The third-order valence-corrected chi connectivity index (χ3v) is 4.13. The molecule has 0 heterocycles. The summed E-state index contributed by atoms with van der Waals surface area (Å²) in [5, 5.41) is 2.51. The van der Waals surface area contributed by atoms with Gasteiger partial charge in [-0.15, -0.1) is 11.8 Å². The number of alkyl halides is 3. The maximum atomic E-state index is 12.9. The van der Waals surface area contributed by atoms with E-state index in [2.05, 4.69) is 5.32 Å². The number of anilines is 2. The number of hydrogen-bond acceptors (Lipinski definition) is 5. The van der Waals surface area contributed by atoms with Gasteiger partial charge in [-0.1, -0.05) is 0 Å². The van der Waals surface area contributed by atoms with Gasteiger partial charge in [0.25, 0.3) is 0 Å². The van der Waals surface area contributed by atoms with Crippen LogP contribution in [0.3, 0.4) is 0 Å². The molecule has 1 amide bonds. The summed E-state index contributed by atoms with van der Waals surface area (Å²) in [5.74, 6) is 0.109. The Kier molecular flexibility index (Phi) is 7.66. The van der Waals surface area contributed by atoms with E-state index in [9.17, 15) is 18.0 Å². The molecule has 0 radical (unpaired) electrons. The van der Waals surface area contributed by atoms with Crippen LogP contribution in [0.2, 0.25) is 0 Å². The molecule has 0 aromatic heterocycles. The second-order valence-corrected chi connectivity index (χ2v) is 5.98. The Morgan fingerprint density at radius 1 is 1.17 bits per heavy atom. The minimum Gasteiger partial charge on any atom is -0.398 e. The molecular formula is C14H21F3N4OS. The molecule has 0 fully saturated rings. The SMILES string of the molecule is NCCCCC(=O)Nc1cc(C(F)(F)F)cc(N)c1SCCN. The fraction of sp³-hybridized carbons (Fsp3) is 0.500. The first-order valence-corrected chi connectivity index (χ1v) is 8.11. The van der Waals surface area contributed by atoms with Gasteiger partial charge in [0.15, 0.2) is 0 Å². The Bertz CT molecular complexity index is 537. The number of benzene rings is 1. The van der Waals surface area contributed by atoms with Crippen LogP contribution in [0.1, 0.15) is 24.8 Å². The molecule has 0 bridgehead atoms. The number of nitrogens with two attached hydrogens (primary N) is 3. The summed E-state index contributed by atoms with van der Waals surface area (Å²) in [6.45, 7) is 0.802. The van der Waals surface area contributed by atoms with Crippen LogP contribution in [-0.2, 0) is 11.0 Å². The lowest BCUT2D eigenvalue weighted by atomic mass is 10.1. The molecule has 7 N–H and O–H groups in total.